The van der Waals surface area contributed by atoms with Crippen LogP contribution >= 0.6 is 0 Å². The average molecular weight is 588 g/mol. The lowest BCUT2D eigenvalue weighted by Crippen LogP contribution is -2.35. The number of carboxylic acids is 2. The summed E-state index contributed by atoms with van der Waals surface area (Å²) < 4.78 is 6.77. The van der Waals surface area contributed by atoms with Crippen molar-refractivity contribution in [2.75, 3.05) is 13.1 Å². The SMILES string of the molecule is CC(C)(C)c1cc(CO[C@@H](CN(CCCCC(=O)O)Cc2ccc(C(=O)O)cc2)C2=CC=CC=CC2)cc(C(C)(C)C)c1. The molecule has 6 heteroatoms. The Bertz CT molecular complexity index is 1290. The normalized spacial score (nSPS) is 14.4. The van der Waals surface area contributed by atoms with E-state index in [0.717, 1.165) is 24.0 Å². The van der Waals surface area contributed by atoms with Crippen LogP contribution < -0.4 is 0 Å². The Kier molecular flexibility index (Phi) is 12.1. The van der Waals surface area contributed by atoms with Crippen LogP contribution in [0.4, 0.5) is 0 Å². The first-order valence-electron chi connectivity index (χ1n) is 15.3. The van der Waals surface area contributed by atoms with E-state index in [2.05, 4.69) is 88.9 Å². The van der Waals surface area contributed by atoms with Crippen LogP contribution in [0.1, 0.15) is 99.8 Å². The number of aliphatic carboxylic acids is 1. The van der Waals surface area contributed by atoms with Gasteiger partial charge in [0.25, 0.3) is 0 Å². The van der Waals surface area contributed by atoms with Crippen molar-refractivity contribution in [2.24, 2.45) is 0 Å². The highest BCUT2D eigenvalue weighted by Crippen LogP contribution is 2.31. The molecule has 6 nitrogen and oxygen atoms in total. The van der Waals surface area contributed by atoms with Crippen molar-refractivity contribution >= 4 is 11.9 Å². The molecule has 1 atom stereocenters. The molecule has 2 aromatic carbocycles. The molecule has 3 rings (SSSR count). The van der Waals surface area contributed by atoms with E-state index in [0.29, 0.717) is 32.7 Å². The van der Waals surface area contributed by atoms with Crippen LogP contribution in [-0.4, -0.2) is 46.2 Å². The maximum absolute atomic E-state index is 11.4. The average Bonchev–Trinajstić information content (AvgIpc) is 3.22. The van der Waals surface area contributed by atoms with E-state index >= 15 is 0 Å². The number of nitrogens with zero attached hydrogens (tertiary/aromatic N) is 1. The van der Waals surface area contributed by atoms with Crippen LogP contribution in [0.5, 0.6) is 0 Å². The second-order valence-electron chi connectivity index (χ2n) is 13.6. The Morgan fingerprint density at radius 3 is 2.09 bits per heavy atom. The molecule has 0 spiro atoms. The summed E-state index contributed by atoms with van der Waals surface area (Å²) >= 11 is 0. The standard InChI is InChI=1S/C37H49NO5/c1-36(2,3)31-21-28(22-32(23-31)37(4,5)6)26-43-33(29-13-9-7-8-10-14-29)25-38(20-12-11-15-34(39)40)24-27-16-18-30(19-17-27)35(41)42/h7-10,13,16-19,21-23,33H,11-12,14-15,20,24-26H2,1-6H3,(H,39,40)(H,41,42)/t33-/m0/s1. The Labute approximate surface area is 257 Å². The Morgan fingerprint density at radius 2 is 1.51 bits per heavy atom. The van der Waals surface area contributed by atoms with Gasteiger partial charge in [-0.25, -0.2) is 4.79 Å². The van der Waals surface area contributed by atoms with Gasteiger partial charge in [-0.3, -0.25) is 9.69 Å². The van der Waals surface area contributed by atoms with Gasteiger partial charge in [-0.1, -0.05) is 102 Å². The number of carbonyl (C=O) groups is 2. The lowest BCUT2D eigenvalue weighted by atomic mass is 9.79. The van der Waals surface area contributed by atoms with Crippen LogP contribution in [0.15, 0.2) is 78.4 Å². The van der Waals surface area contributed by atoms with Gasteiger partial charge in [0, 0.05) is 19.5 Å². The fourth-order valence-corrected chi connectivity index (χ4v) is 5.04. The molecule has 2 N–H and O–H groups in total. The first kappa shape index (κ1) is 34.0. The van der Waals surface area contributed by atoms with Crippen molar-refractivity contribution in [3.63, 3.8) is 0 Å². The zero-order valence-electron chi connectivity index (χ0n) is 26.7. The third-order valence-electron chi connectivity index (χ3n) is 7.76. The number of allylic oxidation sites excluding steroid dienone is 5. The fraction of sp³-hybridized carbons (Fsp3) is 0.459. The minimum atomic E-state index is -0.947. The molecule has 232 valence electrons. The maximum atomic E-state index is 11.4. The minimum Gasteiger partial charge on any atom is -0.481 e. The molecule has 1 aliphatic carbocycles. The molecule has 0 heterocycles. The quantitative estimate of drug-likeness (QED) is 0.217. The van der Waals surface area contributed by atoms with E-state index in [-0.39, 0.29) is 28.9 Å². The molecule has 0 unspecified atom stereocenters. The van der Waals surface area contributed by atoms with Gasteiger partial charge in [0.15, 0.2) is 0 Å². The molecule has 0 radical (unpaired) electrons. The van der Waals surface area contributed by atoms with Crippen molar-refractivity contribution in [3.8, 4) is 0 Å². The molecule has 0 saturated carbocycles. The van der Waals surface area contributed by atoms with E-state index in [4.69, 9.17) is 9.84 Å². The summed E-state index contributed by atoms with van der Waals surface area (Å²) in [5.74, 6) is -1.73. The van der Waals surface area contributed by atoms with E-state index in [1.54, 1.807) is 12.1 Å². The minimum absolute atomic E-state index is 0.0117. The molecule has 0 aliphatic heterocycles. The molecular formula is C37H49NO5. The van der Waals surface area contributed by atoms with E-state index in [1.165, 1.54) is 16.7 Å². The van der Waals surface area contributed by atoms with Gasteiger partial charge in [0.1, 0.15) is 0 Å². The van der Waals surface area contributed by atoms with Crippen LogP contribution in [-0.2, 0) is 33.5 Å². The molecule has 0 bridgehead atoms. The van der Waals surface area contributed by atoms with E-state index < -0.39 is 11.9 Å². The monoisotopic (exact) mass is 587 g/mol. The zero-order valence-corrected chi connectivity index (χ0v) is 26.7. The van der Waals surface area contributed by atoms with Crippen LogP contribution in [0, 0.1) is 0 Å². The lowest BCUT2D eigenvalue weighted by Gasteiger charge is -2.30. The van der Waals surface area contributed by atoms with Gasteiger partial charge in [-0.2, -0.15) is 0 Å². The lowest BCUT2D eigenvalue weighted by molar-refractivity contribution is -0.137. The number of hydrogen-bond acceptors (Lipinski definition) is 4. The van der Waals surface area contributed by atoms with Crippen LogP contribution in [0.2, 0.25) is 0 Å². The topological polar surface area (TPSA) is 87.1 Å². The van der Waals surface area contributed by atoms with Gasteiger partial charge in [-0.15, -0.1) is 0 Å². The largest absolute Gasteiger partial charge is 0.481 e. The van der Waals surface area contributed by atoms with Gasteiger partial charge < -0.3 is 14.9 Å². The Morgan fingerprint density at radius 1 is 0.860 bits per heavy atom. The number of unbranched alkanes of at least 4 members (excludes halogenated alkanes) is 1. The van der Waals surface area contributed by atoms with Crippen LogP contribution in [0.25, 0.3) is 0 Å². The maximum Gasteiger partial charge on any atom is 0.335 e. The highest BCUT2D eigenvalue weighted by molar-refractivity contribution is 5.87. The number of carboxylic acid groups (broad SMARTS) is 2. The number of rotatable bonds is 14. The van der Waals surface area contributed by atoms with Crippen molar-refractivity contribution in [3.05, 3.63) is 106 Å². The zero-order chi connectivity index (χ0) is 31.6. The van der Waals surface area contributed by atoms with Gasteiger partial charge in [0.2, 0.25) is 0 Å². The second kappa shape index (κ2) is 15.3. The van der Waals surface area contributed by atoms with E-state index in [9.17, 15) is 14.7 Å². The molecular weight excluding hydrogens is 538 g/mol. The first-order chi connectivity index (χ1) is 20.2. The predicted octanol–water partition coefficient (Wildman–Crippen LogP) is 8.06. The molecule has 0 amide bonds. The number of hydrogen-bond donors (Lipinski definition) is 2. The van der Waals surface area contributed by atoms with Crippen molar-refractivity contribution in [1.82, 2.24) is 4.90 Å². The molecule has 0 aromatic heterocycles. The summed E-state index contributed by atoms with van der Waals surface area (Å²) in [6.07, 6.45) is 12.5. The summed E-state index contributed by atoms with van der Waals surface area (Å²) in [5, 5.41) is 18.5. The van der Waals surface area contributed by atoms with Gasteiger partial charge >= 0.3 is 11.9 Å². The third-order valence-corrected chi connectivity index (χ3v) is 7.76. The Balaban J connectivity index is 1.88. The predicted molar refractivity (Wildman–Crippen MR) is 174 cm³/mol. The fourth-order valence-electron chi connectivity index (χ4n) is 5.04. The molecule has 0 fully saturated rings. The second-order valence-corrected chi connectivity index (χ2v) is 13.6. The summed E-state index contributed by atoms with van der Waals surface area (Å²) in [4.78, 5) is 24.8. The van der Waals surface area contributed by atoms with Crippen molar-refractivity contribution in [1.29, 1.82) is 0 Å². The summed E-state index contributed by atoms with van der Waals surface area (Å²) in [6.45, 7) is 15.9. The summed E-state index contributed by atoms with van der Waals surface area (Å²) in [7, 11) is 0. The molecule has 1 aliphatic rings. The number of benzene rings is 2. The van der Waals surface area contributed by atoms with Crippen molar-refractivity contribution in [2.45, 2.75) is 97.3 Å². The smallest absolute Gasteiger partial charge is 0.335 e. The molecule has 43 heavy (non-hydrogen) atoms. The first-order valence-corrected chi connectivity index (χ1v) is 15.3. The van der Waals surface area contributed by atoms with E-state index in [1.807, 2.05) is 18.2 Å². The third kappa shape index (κ3) is 11.3. The highest BCUT2D eigenvalue weighted by Gasteiger charge is 2.23. The van der Waals surface area contributed by atoms with Gasteiger partial charge in [-0.05, 0) is 76.6 Å². The number of aromatic carboxylic acids is 1. The van der Waals surface area contributed by atoms with Crippen molar-refractivity contribution < 1.29 is 24.5 Å². The highest BCUT2D eigenvalue weighted by atomic mass is 16.5. The van der Waals surface area contributed by atoms with Crippen LogP contribution in [0.3, 0.4) is 0 Å². The number of ether oxygens (including phenoxy) is 1. The molecule has 2 aromatic rings. The Hall–Kier alpha value is -3.48. The summed E-state index contributed by atoms with van der Waals surface area (Å²) in [5.41, 5.74) is 6.20. The molecule has 0 saturated heterocycles. The van der Waals surface area contributed by atoms with Gasteiger partial charge in [0.05, 0.1) is 18.3 Å². The summed E-state index contributed by atoms with van der Waals surface area (Å²) in [6, 6.07) is 13.8.